The van der Waals surface area contributed by atoms with Gasteiger partial charge in [0.2, 0.25) is 0 Å². The molecule has 0 aliphatic heterocycles. The van der Waals surface area contributed by atoms with E-state index in [1.807, 2.05) is 0 Å². The van der Waals surface area contributed by atoms with Gasteiger partial charge in [0.25, 0.3) is 0 Å². The van der Waals surface area contributed by atoms with Crippen molar-refractivity contribution in [3.8, 4) is 0 Å². The number of thiophene rings is 1. The number of nitrogen functional groups attached to an aromatic ring is 1. The summed E-state index contributed by atoms with van der Waals surface area (Å²) < 4.78 is 37.0. The summed E-state index contributed by atoms with van der Waals surface area (Å²) >= 11 is 2.51. The smallest absolute Gasteiger partial charge is 0.390 e. The predicted octanol–water partition coefficient (Wildman–Crippen LogP) is 4.28. The molecule has 3 nitrogen and oxygen atoms in total. The van der Waals surface area contributed by atoms with Crippen LogP contribution in [-0.2, 0) is 0 Å². The Labute approximate surface area is 130 Å². The second kappa shape index (κ2) is 6.91. The summed E-state index contributed by atoms with van der Waals surface area (Å²) in [7, 11) is 1.58. The molecule has 0 spiro atoms. The fourth-order valence-electron chi connectivity index (χ4n) is 1.71. The topological polar surface area (TPSA) is 46.3 Å². The number of Topliss-reactive ketones (excluding diaryl/α,β-unsaturated/α-hetero) is 1. The molecule has 0 aromatic carbocycles. The highest BCUT2D eigenvalue weighted by atomic mass is 32.2. The Morgan fingerprint density at radius 1 is 1.43 bits per heavy atom. The first-order chi connectivity index (χ1) is 9.58. The molecule has 0 unspecified atom stereocenters. The van der Waals surface area contributed by atoms with Gasteiger partial charge in [-0.15, -0.1) is 23.1 Å². The third-order valence-electron chi connectivity index (χ3n) is 2.91. The van der Waals surface area contributed by atoms with Crippen LogP contribution in [0.1, 0.15) is 29.9 Å². The average Bonchev–Trinajstić information content (AvgIpc) is 2.71. The van der Waals surface area contributed by atoms with Gasteiger partial charge in [0.1, 0.15) is 5.00 Å². The van der Waals surface area contributed by atoms with E-state index < -0.39 is 12.6 Å². The van der Waals surface area contributed by atoms with Crippen LogP contribution >= 0.6 is 23.1 Å². The number of nitrogens with zero attached hydrogens (tertiary/aromatic N) is 1. The number of halogens is 3. The van der Waals surface area contributed by atoms with Crippen molar-refractivity contribution in [2.45, 2.75) is 31.3 Å². The van der Waals surface area contributed by atoms with Gasteiger partial charge in [0.05, 0.1) is 21.9 Å². The van der Waals surface area contributed by atoms with E-state index in [2.05, 4.69) is 0 Å². The van der Waals surface area contributed by atoms with Gasteiger partial charge in [0.15, 0.2) is 5.78 Å². The number of anilines is 2. The molecule has 0 amide bonds. The van der Waals surface area contributed by atoms with Crippen LogP contribution < -0.4 is 10.6 Å². The first-order valence-electron chi connectivity index (χ1n) is 6.36. The monoisotopic (exact) mass is 340 g/mol. The van der Waals surface area contributed by atoms with Crippen molar-refractivity contribution in [2.24, 2.45) is 5.92 Å². The molecule has 0 fully saturated rings. The van der Waals surface area contributed by atoms with Gasteiger partial charge in [-0.1, -0.05) is 13.8 Å². The predicted molar refractivity (Wildman–Crippen MR) is 83.6 cm³/mol. The lowest BCUT2D eigenvalue weighted by Crippen LogP contribution is -2.23. The fourth-order valence-corrected chi connectivity index (χ4v) is 3.99. The van der Waals surface area contributed by atoms with E-state index in [4.69, 9.17) is 5.73 Å². The number of carbonyl (C=O) groups is 1. The number of alkyl halides is 3. The number of hydrogen-bond acceptors (Lipinski definition) is 5. The SMILES string of the molecule is CSc1c(N(C)CCC(F)(F)F)sc(C(=O)C(C)C)c1N. The summed E-state index contributed by atoms with van der Waals surface area (Å²) in [6, 6.07) is 0. The van der Waals surface area contributed by atoms with Gasteiger partial charge >= 0.3 is 6.18 Å². The van der Waals surface area contributed by atoms with E-state index in [0.717, 1.165) is 0 Å². The van der Waals surface area contributed by atoms with Gasteiger partial charge in [-0.25, -0.2) is 0 Å². The van der Waals surface area contributed by atoms with Crippen molar-refractivity contribution in [2.75, 3.05) is 30.5 Å². The average molecular weight is 340 g/mol. The zero-order chi connectivity index (χ0) is 16.4. The van der Waals surface area contributed by atoms with Crippen LogP contribution in [0.4, 0.5) is 23.9 Å². The highest BCUT2D eigenvalue weighted by molar-refractivity contribution is 7.99. The molecule has 1 rings (SSSR count). The van der Waals surface area contributed by atoms with Gasteiger partial charge in [-0.3, -0.25) is 4.79 Å². The van der Waals surface area contributed by atoms with Gasteiger partial charge in [-0.2, -0.15) is 13.2 Å². The van der Waals surface area contributed by atoms with Crippen molar-refractivity contribution in [3.05, 3.63) is 4.88 Å². The minimum atomic E-state index is -4.20. The number of ketones is 1. The normalized spacial score (nSPS) is 12.0. The Morgan fingerprint density at radius 3 is 2.43 bits per heavy atom. The summed E-state index contributed by atoms with van der Waals surface area (Å²) in [6.45, 7) is 3.38. The van der Waals surface area contributed by atoms with Crippen LogP contribution in [0.3, 0.4) is 0 Å². The Morgan fingerprint density at radius 2 is 2.00 bits per heavy atom. The maximum Gasteiger partial charge on any atom is 0.390 e. The highest BCUT2D eigenvalue weighted by Gasteiger charge is 2.29. The lowest BCUT2D eigenvalue weighted by molar-refractivity contribution is -0.132. The lowest BCUT2D eigenvalue weighted by Gasteiger charge is -2.19. The van der Waals surface area contributed by atoms with E-state index in [1.165, 1.54) is 28.0 Å². The zero-order valence-corrected chi connectivity index (χ0v) is 14.0. The van der Waals surface area contributed by atoms with Crippen LogP contribution in [-0.4, -0.2) is 31.8 Å². The molecular formula is C13H19F3N2OS2. The molecule has 2 N–H and O–H groups in total. The van der Waals surface area contributed by atoms with Crippen LogP contribution in [0.2, 0.25) is 0 Å². The molecule has 120 valence electrons. The van der Waals surface area contributed by atoms with Crippen LogP contribution in [0.5, 0.6) is 0 Å². The molecule has 0 saturated heterocycles. The molecule has 21 heavy (non-hydrogen) atoms. The third kappa shape index (κ3) is 4.54. The molecule has 0 saturated carbocycles. The number of nitrogens with two attached hydrogens (primary N) is 1. The Balaban J connectivity index is 3.07. The van der Waals surface area contributed by atoms with Gasteiger partial charge in [0, 0.05) is 19.5 Å². The summed E-state index contributed by atoms with van der Waals surface area (Å²) in [5.41, 5.74) is 6.37. The lowest BCUT2D eigenvalue weighted by atomic mass is 10.1. The zero-order valence-electron chi connectivity index (χ0n) is 12.4. The second-order valence-electron chi connectivity index (χ2n) is 4.99. The molecule has 8 heteroatoms. The summed E-state index contributed by atoms with van der Waals surface area (Å²) in [5.74, 6) is -0.280. The largest absolute Gasteiger partial charge is 0.396 e. The van der Waals surface area contributed by atoms with Gasteiger partial charge < -0.3 is 10.6 Å². The van der Waals surface area contributed by atoms with Crippen molar-refractivity contribution in [3.63, 3.8) is 0 Å². The van der Waals surface area contributed by atoms with E-state index in [1.54, 1.807) is 27.2 Å². The summed E-state index contributed by atoms with van der Waals surface area (Å²) in [5, 5.41) is 0.619. The first-order valence-corrected chi connectivity index (χ1v) is 8.41. The standard InChI is InChI=1S/C13H19F3N2OS2/c1-7(2)9(19)10-8(17)11(20-4)12(21-10)18(3)6-5-13(14,15)16/h7H,5-6,17H2,1-4H3. The molecular weight excluding hydrogens is 321 g/mol. The number of carbonyl (C=O) groups excluding carboxylic acids is 1. The molecule has 0 radical (unpaired) electrons. The first kappa shape index (κ1) is 18.2. The fraction of sp³-hybridized carbons (Fsp3) is 0.615. The molecule has 0 aliphatic rings. The van der Waals surface area contributed by atoms with E-state index in [9.17, 15) is 18.0 Å². The summed E-state index contributed by atoms with van der Waals surface area (Å²) in [4.78, 5) is 14.7. The van der Waals surface area contributed by atoms with E-state index in [-0.39, 0.29) is 18.2 Å². The summed E-state index contributed by atoms with van der Waals surface area (Å²) in [6.07, 6.45) is -3.31. The van der Waals surface area contributed by atoms with Gasteiger partial charge in [-0.05, 0) is 6.26 Å². The Hall–Kier alpha value is -0.890. The Bertz CT molecular complexity index is 512. The van der Waals surface area contributed by atoms with Crippen molar-refractivity contribution in [1.29, 1.82) is 0 Å². The highest BCUT2D eigenvalue weighted by Crippen LogP contribution is 2.44. The maximum atomic E-state index is 12.3. The number of hydrogen-bond donors (Lipinski definition) is 1. The number of rotatable bonds is 6. The quantitative estimate of drug-likeness (QED) is 0.620. The van der Waals surface area contributed by atoms with Crippen molar-refractivity contribution in [1.82, 2.24) is 0 Å². The molecule has 1 aromatic rings. The van der Waals surface area contributed by atoms with Crippen LogP contribution in [0, 0.1) is 5.92 Å². The minimum absolute atomic E-state index is 0.0803. The van der Waals surface area contributed by atoms with Crippen molar-refractivity contribution >= 4 is 39.6 Å². The molecule has 0 atom stereocenters. The third-order valence-corrected chi connectivity index (χ3v) is 5.20. The van der Waals surface area contributed by atoms with E-state index >= 15 is 0 Å². The van der Waals surface area contributed by atoms with Crippen molar-refractivity contribution < 1.29 is 18.0 Å². The maximum absolute atomic E-state index is 12.3. The van der Waals surface area contributed by atoms with Crippen LogP contribution in [0.15, 0.2) is 4.90 Å². The minimum Gasteiger partial charge on any atom is -0.396 e. The van der Waals surface area contributed by atoms with E-state index in [0.29, 0.717) is 20.5 Å². The Kier molecular flexibility index (Phi) is 5.98. The molecule has 0 bridgehead atoms. The van der Waals surface area contributed by atoms with Crippen LogP contribution in [0.25, 0.3) is 0 Å². The molecule has 1 aromatic heterocycles. The molecule has 0 aliphatic carbocycles. The second-order valence-corrected chi connectivity index (χ2v) is 6.80. The number of thioether (sulfide) groups is 1. The molecule has 1 heterocycles.